The zero-order valence-electron chi connectivity index (χ0n) is 10.3. The van der Waals surface area contributed by atoms with Gasteiger partial charge in [0, 0.05) is 0 Å². The number of alkyl halides is 2. The fraction of sp³-hybridized carbons (Fsp3) is 0.333. The number of carboxylic acid groups (broad SMARTS) is 1. The van der Waals surface area contributed by atoms with Crippen LogP contribution in [0.2, 0.25) is 0 Å². The van der Waals surface area contributed by atoms with E-state index < -0.39 is 21.5 Å². The van der Waals surface area contributed by atoms with Crippen molar-refractivity contribution < 1.29 is 19.4 Å². The van der Waals surface area contributed by atoms with Gasteiger partial charge in [-0.1, -0.05) is 37.9 Å². The Balaban J connectivity index is 2.87. The van der Waals surface area contributed by atoms with Gasteiger partial charge in [-0.3, -0.25) is 9.59 Å². The van der Waals surface area contributed by atoms with Crippen LogP contribution >= 0.6 is 31.9 Å². The first-order chi connectivity index (χ1) is 8.86. The van der Waals surface area contributed by atoms with E-state index in [1.807, 2.05) is 13.0 Å². The van der Waals surface area contributed by atoms with Crippen molar-refractivity contribution in [3.8, 4) is 5.75 Å². The van der Waals surface area contributed by atoms with Crippen LogP contribution in [0.3, 0.4) is 0 Å². The first kappa shape index (κ1) is 16.0. The van der Waals surface area contributed by atoms with Crippen LogP contribution in [-0.4, -0.2) is 33.7 Å². The molecule has 0 aliphatic heterocycles. The molecule has 2 unspecified atom stereocenters. The van der Waals surface area contributed by atoms with E-state index in [9.17, 15) is 9.59 Å². The third-order valence-corrected chi connectivity index (χ3v) is 4.93. The Labute approximate surface area is 127 Å². The summed E-state index contributed by atoms with van der Waals surface area (Å²) in [5.41, 5.74) is 1.46. The summed E-state index contributed by atoms with van der Waals surface area (Å²) >= 11 is 5.98. The number of rotatable bonds is 5. The van der Waals surface area contributed by atoms with E-state index in [2.05, 4.69) is 37.2 Å². The quantitative estimate of drug-likeness (QED) is 0.752. The molecule has 0 aromatic heterocycles. The molecule has 1 aromatic carbocycles. The van der Waals surface area contributed by atoms with E-state index in [1.165, 1.54) is 7.11 Å². The summed E-state index contributed by atoms with van der Waals surface area (Å²) in [6.07, 6.45) is 0. The topological polar surface area (TPSA) is 75.6 Å². The Kier molecular flexibility index (Phi) is 5.81. The molecule has 19 heavy (non-hydrogen) atoms. The lowest BCUT2D eigenvalue weighted by atomic mass is 10.2. The molecule has 5 nitrogen and oxygen atoms in total. The number of hydrogen-bond donors (Lipinski definition) is 2. The zero-order chi connectivity index (χ0) is 14.6. The predicted octanol–water partition coefficient (Wildman–Crippen LogP) is 2.55. The number of aliphatic carboxylic acids is 1. The molecular formula is C12H13Br2NO4. The second-order valence-corrected chi connectivity index (χ2v) is 5.81. The van der Waals surface area contributed by atoms with Crippen LogP contribution < -0.4 is 10.1 Å². The van der Waals surface area contributed by atoms with Crippen molar-refractivity contribution in [1.82, 2.24) is 0 Å². The third-order valence-electron chi connectivity index (χ3n) is 2.36. The van der Waals surface area contributed by atoms with Gasteiger partial charge in [0.15, 0.2) is 0 Å². The molecule has 1 aromatic rings. The molecule has 0 saturated carbocycles. The smallest absolute Gasteiger partial charge is 0.318 e. The Bertz CT molecular complexity index is 493. The van der Waals surface area contributed by atoms with Crippen molar-refractivity contribution in [2.24, 2.45) is 0 Å². The van der Waals surface area contributed by atoms with E-state index in [0.29, 0.717) is 11.4 Å². The predicted molar refractivity (Wildman–Crippen MR) is 79.4 cm³/mol. The monoisotopic (exact) mass is 393 g/mol. The van der Waals surface area contributed by atoms with Crippen LogP contribution in [0.4, 0.5) is 5.69 Å². The minimum absolute atomic E-state index is 0.465. The van der Waals surface area contributed by atoms with E-state index >= 15 is 0 Å². The average Bonchev–Trinajstić information content (AvgIpc) is 2.37. The lowest BCUT2D eigenvalue weighted by molar-refractivity contribution is -0.137. The summed E-state index contributed by atoms with van der Waals surface area (Å²) in [7, 11) is 1.50. The van der Waals surface area contributed by atoms with Crippen LogP contribution in [-0.2, 0) is 9.59 Å². The number of halogens is 2. The Morgan fingerprint density at radius 1 is 1.32 bits per heavy atom. The highest BCUT2D eigenvalue weighted by molar-refractivity contribution is 9.12. The fourth-order valence-electron chi connectivity index (χ4n) is 1.38. The SMILES string of the molecule is COc1ccc(C)cc1NC(=O)C(Br)C(Br)C(=O)O. The number of hydrogen-bond acceptors (Lipinski definition) is 3. The second-order valence-electron chi connectivity index (χ2n) is 3.83. The van der Waals surface area contributed by atoms with Crippen molar-refractivity contribution >= 4 is 49.4 Å². The molecule has 0 heterocycles. The number of benzene rings is 1. The molecule has 2 atom stereocenters. The van der Waals surface area contributed by atoms with Crippen LogP contribution in [0.5, 0.6) is 5.75 Å². The first-order valence-electron chi connectivity index (χ1n) is 5.33. The van der Waals surface area contributed by atoms with Gasteiger partial charge < -0.3 is 15.2 Å². The highest BCUT2D eigenvalue weighted by Crippen LogP contribution is 2.26. The Hall–Kier alpha value is -1.08. The second kappa shape index (κ2) is 6.91. The summed E-state index contributed by atoms with van der Waals surface area (Å²) in [6.45, 7) is 1.88. The van der Waals surface area contributed by atoms with Gasteiger partial charge >= 0.3 is 5.97 Å². The first-order valence-corrected chi connectivity index (χ1v) is 7.16. The molecule has 0 spiro atoms. The summed E-state index contributed by atoms with van der Waals surface area (Å²) < 4.78 is 5.13. The van der Waals surface area contributed by atoms with Crippen molar-refractivity contribution in [2.45, 2.75) is 16.6 Å². The van der Waals surface area contributed by atoms with Gasteiger partial charge in [0.2, 0.25) is 5.91 Å². The molecule has 0 aliphatic rings. The third kappa shape index (κ3) is 4.21. The maximum atomic E-state index is 11.9. The number of carbonyl (C=O) groups excluding carboxylic acids is 1. The fourth-order valence-corrected chi connectivity index (χ4v) is 1.96. The summed E-state index contributed by atoms with van der Waals surface area (Å²) in [6, 6.07) is 5.34. The van der Waals surface area contributed by atoms with Gasteiger partial charge in [0.05, 0.1) is 12.8 Å². The molecule has 0 aliphatic carbocycles. The molecular weight excluding hydrogens is 382 g/mol. The highest BCUT2D eigenvalue weighted by atomic mass is 79.9. The van der Waals surface area contributed by atoms with Crippen molar-refractivity contribution in [3.05, 3.63) is 23.8 Å². The van der Waals surface area contributed by atoms with E-state index in [1.54, 1.807) is 12.1 Å². The molecule has 104 valence electrons. The zero-order valence-corrected chi connectivity index (χ0v) is 13.5. The van der Waals surface area contributed by atoms with Crippen LogP contribution in [0, 0.1) is 6.92 Å². The maximum absolute atomic E-state index is 11.9. The minimum Gasteiger partial charge on any atom is -0.495 e. The minimum atomic E-state index is -1.12. The molecule has 1 rings (SSSR count). The molecule has 7 heteroatoms. The number of ether oxygens (including phenoxy) is 1. The van der Waals surface area contributed by atoms with Crippen LogP contribution in [0.15, 0.2) is 18.2 Å². The van der Waals surface area contributed by atoms with Gasteiger partial charge in [-0.05, 0) is 24.6 Å². The summed E-state index contributed by atoms with van der Waals surface area (Å²) in [5.74, 6) is -1.07. The lowest BCUT2D eigenvalue weighted by Crippen LogP contribution is -2.34. The Morgan fingerprint density at radius 3 is 2.47 bits per heavy atom. The molecule has 1 amide bonds. The number of methoxy groups -OCH3 is 1. The number of carbonyl (C=O) groups is 2. The summed E-state index contributed by atoms with van der Waals surface area (Å²) in [5, 5.41) is 11.5. The lowest BCUT2D eigenvalue weighted by Gasteiger charge is -2.15. The Morgan fingerprint density at radius 2 is 1.95 bits per heavy atom. The number of aryl methyl sites for hydroxylation is 1. The van der Waals surface area contributed by atoms with Crippen molar-refractivity contribution in [3.63, 3.8) is 0 Å². The van der Waals surface area contributed by atoms with Crippen LogP contribution in [0.1, 0.15) is 5.56 Å². The summed E-state index contributed by atoms with van der Waals surface area (Å²) in [4.78, 5) is 20.8. The molecule has 0 bridgehead atoms. The van der Waals surface area contributed by atoms with E-state index in [4.69, 9.17) is 9.84 Å². The van der Waals surface area contributed by atoms with Crippen molar-refractivity contribution in [1.29, 1.82) is 0 Å². The molecule has 0 saturated heterocycles. The van der Waals surface area contributed by atoms with E-state index in [0.717, 1.165) is 5.56 Å². The number of carboxylic acids is 1. The van der Waals surface area contributed by atoms with Gasteiger partial charge in [-0.2, -0.15) is 0 Å². The van der Waals surface area contributed by atoms with Gasteiger partial charge in [0.25, 0.3) is 0 Å². The normalized spacial score (nSPS) is 13.5. The number of anilines is 1. The number of nitrogens with one attached hydrogen (secondary N) is 1. The van der Waals surface area contributed by atoms with Gasteiger partial charge in [0.1, 0.15) is 15.4 Å². The van der Waals surface area contributed by atoms with E-state index in [-0.39, 0.29) is 0 Å². The number of amides is 1. The van der Waals surface area contributed by atoms with Crippen LogP contribution in [0.25, 0.3) is 0 Å². The highest BCUT2D eigenvalue weighted by Gasteiger charge is 2.29. The van der Waals surface area contributed by atoms with Gasteiger partial charge in [-0.25, -0.2) is 0 Å². The molecule has 0 fully saturated rings. The molecule has 0 radical (unpaired) electrons. The maximum Gasteiger partial charge on any atom is 0.318 e. The van der Waals surface area contributed by atoms with Gasteiger partial charge in [-0.15, -0.1) is 0 Å². The van der Waals surface area contributed by atoms with Crippen molar-refractivity contribution in [2.75, 3.05) is 12.4 Å². The average molecular weight is 395 g/mol. The largest absolute Gasteiger partial charge is 0.495 e. The molecule has 2 N–H and O–H groups in total. The standard InChI is InChI=1S/C12H13Br2NO4/c1-6-3-4-8(19-2)7(5-6)15-11(16)9(13)10(14)12(17)18/h3-5,9-10H,1-2H3,(H,15,16)(H,17,18).